The minimum Gasteiger partial charge on any atom is -0.444 e. The molecular formula is C15H26N2O3. The van der Waals surface area contributed by atoms with Crippen LogP contribution >= 0.6 is 0 Å². The summed E-state index contributed by atoms with van der Waals surface area (Å²) >= 11 is 0. The zero-order valence-corrected chi connectivity index (χ0v) is 12.9. The van der Waals surface area contributed by atoms with Crippen LogP contribution in [-0.4, -0.2) is 53.1 Å². The van der Waals surface area contributed by atoms with E-state index in [9.17, 15) is 9.59 Å². The second kappa shape index (κ2) is 6.02. The van der Waals surface area contributed by atoms with Gasteiger partial charge in [-0.1, -0.05) is 0 Å². The summed E-state index contributed by atoms with van der Waals surface area (Å²) in [6, 6.07) is 0.303. The molecule has 2 fully saturated rings. The Labute approximate surface area is 121 Å². The lowest BCUT2D eigenvalue weighted by molar-refractivity contribution is -0.129. The van der Waals surface area contributed by atoms with Crippen LogP contribution < -0.4 is 0 Å². The summed E-state index contributed by atoms with van der Waals surface area (Å²) in [5.41, 5.74) is -0.451. The average molecular weight is 282 g/mol. The highest BCUT2D eigenvalue weighted by Gasteiger charge is 2.31. The Kier molecular flexibility index (Phi) is 4.55. The molecule has 0 spiro atoms. The third kappa shape index (κ3) is 3.87. The first kappa shape index (κ1) is 15.1. The number of carbonyl (C=O) groups excluding carboxylic acids is 2. The van der Waals surface area contributed by atoms with E-state index in [2.05, 4.69) is 0 Å². The van der Waals surface area contributed by atoms with E-state index in [1.165, 1.54) is 0 Å². The molecule has 0 aromatic carbocycles. The Morgan fingerprint density at radius 3 is 2.50 bits per heavy atom. The van der Waals surface area contributed by atoms with Crippen LogP contribution in [0.2, 0.25) is 0 Å². The highest BCUT2D eigenvalue weighted by molar-refractivity contribution is 5.78. The fraction of sp³-hybridized carbons (Fsp3) is 0.867. The molecule has 2 amide bonds. The molecule has 2 heterocycles. The Hall–Kier alpha value is -1.26. The lowest BCUT2D eigenvalue weighted by atomic mass is 10.1. The molecule has 0 N–H and O–H groups in total. The van der Waals surface area contributed by atoms with E-state index in [0.717, 1.165) is 38.8 Å². The van der Waals surface area contributed by atoms with Gasteiger partial charge >= 0.3 is 6.09 Å². The first-order chi connectivity index (χ1) is 9.37. The summed E-state index contributed by atoms with van der Waals surface area (Å²) in [5, 5.41) is 0. The molecule has 114 valence electrons. The molecule has 1 atom stereocenters. The van der Waals surface area contributed by atoms with Gasteiger partial charge in [-0.2, -0.15) is 0 Å². The van der Waals surface area contributed by atoms with Crippen molar-refractivity contribution in [1.82, 2.24) is 9.80 Å². The van der Waals surface area contributed by atoms with E-state index < -0.39 is 5.60 Å². The molecule has 0 aromatic rings. The van der Waals surface area contributed by atoms with Crippen LogP contribution in [0.1, 0.15) is 52.9 Å². The monoisotopic (exact) mass is 282 g/mol. The van der Waals surface area contributed by atoms with Gasteiger partial charge in [-0.05, 0) is 46.5 Å². The second-order valence-corrected chi connectivity index (χ2v) is 6.74. The number of carbonyl (C=O) groups is 2. The first-order valence-electron chi connectivity index (χ1n) is 7.64. The van der Waals surface area contributed by atoms with Crippen molar-refractivity contribution in [3.05, 3.63) is 0 Å². The summed E-state index contributed by atoms with van der Waals surface area (Å²) < 4.78 is 5.42. The summed E-state index contributed by atoms with van der Waals surface area (Å²) in [4.78, 5) is 27.7. The molecule has 0 radical (unpaired) electrons. The van der Waals surface area contributed by atoms with Crippen LogP contribution in [0.3, 0.4) is 0 Å². The number of nitrogens with zero attached hydrogens (tertiary/aromatic N) is 2. The summed E-state index contributed by atoms with van der Waals surface area (Å²) in [6.45, 7) is 7.95. The van der Waals surface area contributed by atoms with Gasteiger partial charge in [-0.3, -0.25) is 4.79 Å². The molecule has 0 saturated carbocycles. The van der Waals surface area contributed by atoms with Gasteiger partial charge < -0.3 is 14.5 Å². The fourth-order valence-corrected chi connectivity index (χ4v) is 2.95. The van der Waals surface area contributed by atoms with Crippen molar-refractivity contribution in [2.45, 2.75) is 64.5 Å². The molecule has 20 heavy (non-hydrogen) atoms. The first-order valence-corrected chi connectivity index (χ1v) is 7.64. The zero-order chi connectivity index (χ0) is 14.8. The van der Waals surface area contributed by atoms with Gasteiger partial charge in [0.2, 0.25) is 5.91 Å². The van der Waals surface area contributed by atoms with Crippen LogP contribution in [0.25, 0.3) is 0 Å². The Morgan fingerprint density at radius 1 is 1.15 bits per heavy atom. The predicted molar refractivity (Wildman–Crippen MR) is 76.4 cm³/mol. The number of hydrogen-bond donors (Lipinski definition) is 0. The van der Waals surface area contributed by atoms with Crippen molar-refractivity contribution in [3.63, 3.8) is 0 Å². The van der Waals surface area contributed by atoms with Gasteiger partial charge in [-0.15, -0.1) is 0 Å². The van der Waals surface area contributed by atoms with Crippen LogP contribution in [0.5, 0.6) is 0 Å². The van der Waals surface area contributed by atoms with Crippen molar-refractivity contribution in [2.75, 3.05) is 19.6 Å². The molecule has 0 bridgehead atoms. The fourth-order valence-electron chi connectivity index (χ4n) is 2.95. The van der Waals surface area contributed by atoms with E-state index in [1.54, 1.807) is 4.90 Å². The van der Waals surface area contributed by atoms with E-state index in [4.69, 9.17) is 4.74 Å². The van der Waals surface area contributed by atoms with E-state index >= 15 is 0 Å². The van der Waals surface area contributed by atoms with Crippen molar-refractivity contribution < 1.29 is 14.3 Å². The van der Waals surface area contributed by atoms with Crippen molar-refractivity contribution in [3.8, 4) is 0 Å². The maximum Gasteiger partial charge on any atom is 0.410 e. The van der Waals surface area contributed by atoms with Gasteiger partial charge in [0.1, 0.15) is 5.60 Å². The number of amides is 2. The van der Waals surface area contributed by atoms with Crippen LogP contribution in [0.15, 0.2) is 0 Å². The zero-order valence-electron chi connectivity index (χ0n) is 12.9. The maximum absolute atomic E-state index is 12.1. The normalized spacial score (nSPS) is 24.8. The van der Waals surface area contributed by atoms with E-state index in [-0.39, 0.29) is 12.0 Å². The van der Waals surface area contributed by atoms with E-state index in [0.29, 0.717) is 19.0 Å². The average Bonchev–Trinajstić information content (AvgIpc) is 2.62. The summed E-state index contributed by atoms with van der Waals surface area (Å²) in [7, 11) is 0. The Bertz CT molecular complexity index is 376. The molecule has 2 rings (SSSR count). The van der Waals surface area contributed by atoms with Crippen molar-refractivity contribution >= 4 is 12.0 Å². The quantitative estimate of drug-likeness (QED) is 0.742. The highest BCUT2D eigenvalue weighted by Crippen LogP contribution is 2.23. The summed E-state index contributed by atoms with van der Waals surface area (Å²) in [6.07, 6.45) is 4.23. The number of likely N-dealkylation sites (tertiary alicyclic amines) is 2. The smallest absolute Gasteiger partial charge is 0.410 e. The van der Waals surface area contributed by atoms with Gasteiger partial charge in [0.15, 0.2) is 0 Å². The number of ether oxygens (including phenoxy) is 1. The maximum atomic E-state index is 12.1. The Morgan fingerprint density at radius 2 is 1.90 bits per heavy atom. The molecule has 1 unspecified atom stereocenters. The minimum absolute atomic E-state index is 0.231. The van der Waals surface area contributed by atoms with Gasteiger partial charge in [0, 0.05) is 32.1 Å². The summed E-state index contributed by atoms with van der Waals surface area (Å²) in [5.74, 6) is 0.278. The van der Waals surface area contributed by atoms with Crippen molar-refractivity contribution in [1.29, 1.82) is 0 Å². The molecular weight excluding hydrogens is 256 g/mol. The molecule has 2 saturated heterocycles. The van der Waals surface area contributed by atoms with E-state index in [1.807, 2.05) is 25.7 Å². The number of rotatable bonds is 1. The lowest BCUT2D eigenvalue weighted by Crippen LogP contribution is -2.39. The van der Waals surface area contributed by atoms with Crippen molar-refractivity contribution in [2.24, 2.45) is 0 Å². The standard InChI is InChI=1S/C15H26N2O3/c1-15(2,3)20-14(19)16-9-4-6-12(8-11-16)17-10-5-7-13(17)18/h12H,4-11H2,1-3H3. The van der Waals surface area contributed by atoms with Crippen LogP contribution in [0, 0.1) is 0 Å². The van der Waals surface area contributed by atoms with Crippen LogP contribution in [0.4, 0.5) is 4.79 Å². The van der Waals surface area contributed by atoms with Gasteiger partial charge in [0.05, 0.1) is 0 Å². The highest BCUT2D eigenvalue weighted by atomic mass is 16.6. The molecule has 0 aliphatic carbocycles. The van der Waals surface area contributed by atoms with Gasteiger partial charge in [0.25, 0.3) is 0 Å². The second-order valence-electron chi connectivity index (χ2n) is 6.74. The van der Waals surface area contributed by atoms with Crippen LogP contribution in [-0.2, 0) is 9.53 Å². The minimum atomic E-state index is -0.451. The third-order valence-electron chi connectivity index (χ3n) is 3.90. The Balaban J connectivity index is 1.89. The predicted octanol–water partition coefficient (Wildman–Crippen LogP) is 2.40. The molecule has 0 aromatic heterocycles. The SMILES string of the molecule is CC(C)(C)OC(=O)N1CCCC(N2CCCC2=O)CC1. The number of hydrogen-bond acceptors (Lipinski definition) is 3. The third-order valence-corrected chi connectivity index (χ3v) is 3.90. The largest absolute Gasteiger partial charge is 0.444 e. The lowest BCUT2D eigenvalue weighted by Gasteiger charge is -2.28. The molecule has 2 aliphatic heterocycles. The molecule has 5 heteroatoms. The van der Waals surface area contributed by atoms with Gasteiger partial charge in [-0.25, -0.2) is 4.79 Å². The topological polar surface area (TPSA) is 49.9 Å². The molecule has 5 nitrogen and oxygen atoms in total. The molecule has 2 aliphatic rings.